The van der Waals surface area contributed by atoms with Gasteiger partial charge in [0.1, 0.15) is 17.4 Å². The molecule has 3 rings (SSSR count). The Labute approximate surface area is 402 Å². The molecule has 0 aromatic heterocycles. The molecule has 67 heavy (non-hydrogen) atoms. The van der Waals surface area contributed by atoms with Gasteiger partial charge in [-0.2, -0.15) is 0 Å². The summed E-state index contributed by atoms with van der Waals surface area (Å²) >= 11 is 0. The minimum absolute atomic E-state index is 0.0135. The molecule has 0 spiro atoms. The number of carbonyl (C=O) groups excluding carboxylic acids is 5. The van der Waals surface area contributed by atoms with Crippen LogP contribution in [0, 0.1) is 17.8 Å². The van der Waals surface area contributed by atoms with Crippen LogP contribution in [0.3, 0.4) is 0 Å². The lowest BCUT2D eigenvalue weighted by molar-refractivity contribution is -0.158. The van der Waals surface area contributed by atoms with E-state index in [9.17, 15) is 24.0 Å². The first-order valence-electron chi connectivity index (χ1n) is 23.6. The first-order chi connectivity index (χ1) is 31.3. The molecule has 12 nitrogen and oxygen atoms in total. The number of rotatable bonds is 25. The Morgan fingerprint density at radius 1 is 0.791 bits per heavy atom. The second-order valence-electron chi connectivity index (χ2n) is 21.0. The van der Waals surface area contributed by atoms with Crippen molar-refractivity contribution in [1.29, 1.82) is 0 Å². The van der Waals surface area contributed by atoms with E-state index in [4.69, 9.17) is 23.4 Å². The largest absolute Gasteiger partial charge is 0.497 e. The number of Topliss-reactive ketones (excluding diaryl/α,β-unsaturated/α-hetero) is 1. The maximum atomic E-state index is 14.9. The smallest absolute Gasteiger partial charge is 0.407 e. The number of amides is 2. The first kappa shape index (κ1) is 56.3. The third kappa shape index (κ3) is 18.9. The fourth-order valence-electron chi connectivity index (χ4n) is 7.74. The van der Waals surface area contributed by atoms with Crippen molar-refractivity contribution >= 4 is 56.5 Å². The molecular formula is C53H78N2O10Si2. The molecule has 2 N–H and O–H groups in total. The third-order valence-electron chi connectivity index (χ3n) is 11.3. The van der Waals surface area contributed by atoms with Crippen LogP contribution < -0.4 is 25.7 Å². The number of hydrogen-bond acceptors (Lipinski definition) is 10. The zero-order valence-electron chi connectivity index (χ0n) is 42.4. The van der Waals surface area contributed by atoms with Crippen LogP contribution in [0.25, 0.3) is 0 Å². The van der Waals surface area contributed by atoms with Gasteiger partial charge in [0.25, 0.3) is 8.32 Å². The second kappa shape index (κ2) is 25.9. The highest BCUT2D eigenvalue weighted by molar-refractivity contribution is 6.99. The fourth-order valence-corrected chi connectivity index (χ4v) is 13.1. The van der Waals surface area contributed by atoms with Crippen LogP contribution in [0.15, 0.2) is 97.1 Å². The molecule has 0 bridgehead atoms. The number of hydrogen-bond donors (Lipinski definition) is 2. The van der Waals surface area contributed by atoms with Gasteiger partial charge in [-0.15, -0.1) is 0 Å². The molecule has 0 fully saturated rings. The zero-order valence-corrected chi connectivity index (χ0v) is 44.4. The van der Waals surface area contributed by atoms with Gasteiger partial charge in [-0.3, -0.25) is 14.4 Å². The maximum absolute atomic E-state index is 14.9. The summed E-state index contributed by atoms with van der Waals surface area (Å²) in [7, 11) is -2.94. The number of esters is 2. The van der Waals surface area contributed by atoms with Crippen molar-refractivity contribution in [3.8, 4) is 5.75 Å². The molecule has 0 saturated heterocycles. The Hall–Kier alpha value is -5.06. The molecule has 3 aromatic carbocycles. The molecule has 0 heterocycles. The van der Waals surface area contributed by atoms with Crippen molar-refractivity contribution in [3.63, 3.8) is 0 Å². The molecule has 14 heteroatoms. The average molecular weight is 959 g/mol. The van der Waals surface area contributed by atoms with Crippen LogP contribution >= 0.6 is 0 Å². The van der Waals surface area contributed by atoms with Gasteiger partial charge in [-0.25, -0.2) is 9.59 Å². The van der Waals surface area contributed by atoms with Gasteiger partial charge in [-0.05, 0) is 90.7 Å². The van der Waals surface area contributed by atoms with E-state index in [1.54, 1.807) is 46.1 Å². The quantitative estimate of drug-likeness (QED) is 0.0364. The summed E-state index contributed by atoms with van der Waals surface area (Å²) in [6.45, 7) is 24.7. The van der Waals surface area contributed by atoms with Crippen molar-refractivity contribution < 1.29 is 47.3 Å². The topological polar surface area (TPSA) is 156 Å². The van der Waals surface area contributed by atoms with E-state index >= 15 is 0 Å². The lowest BCUT2D eigenvalue weighted by Gasteiger charge is -2.44. The number of alkyl carbamates (subject to hydrolysis) is 1. The van der Waals surface area contributed by atoms with Crippen LogP contribution in [-0.2, 0) is 44.2 Å². The van der Waals surface area contributed by atoms with E-state index in [-0.39, 0.29) is 62.2 Å². The Kier molecular flexibility index (Phi) is 21.8. The summed E-state index contributed by atoms with van der Waals surface area (Å²) in [5.74, 6) is -2.49. The predicted molar refractivity (Wildman–Crippen MR) is 271 cm³/mol. The van der Waals surface area contributed by atoms with Crippen molar-refractivity contribution in [1.82, 2.24) is 10.6 Å². The highest BCUT2D eigenvalue weighted by atomic mass is 28.4. The van der Waals surface area contributed by atoms with Crippen molar-refractivity contribution in [3.05, 3.63) is 103 Å². The molecule has 2 amide bonds. The Balaban J connectivity index is 1.97. The van der Waals surface area contributed by atoms with E-state index in [0.29, 0.717) is 5.75 Å². The van der Waals surface area contributed by atoms with Crippen LogP contribution in [0.2, 0.25) is 30.7 Å². The molecule has 0 saturated carbocycles. The molecule has 0 radical (unpaired) electrons. The lowest BCUT2D eigenvalue weighted by atomic mass is 9.83. The maximum Gasteiger partial charge on any atom is 0.407 e. The standard InChI is InChI=1S/C53H78N2O10Si2/c1-38(2)35-46(64-48(57)31-32-54-51(60)65-52(4,5)6)49(58)44(39(3)37-63-67(53(7,8)9,42-21-16-14-17-22-42)43-23-18-15-19-24-43)25-20-26-47(56)55-45(50(59)62-33-34-66(11,12)13)36-40-27-29-41(61-10)30-28-40/h14-24,26-30,38-39,44-46H,25,31-37H2,1-13H3,(H,54,60)(H,55,56)/b26-20+/t39-,44-,45+,46-/m0/s1. The SMILES string of the molecule is COc1ccc(C[C@@H](NC(=O)/C=C/C[C@H](C(=O)[C@H](CC(C)C)OC(=O)CCNC(=O)OC(C)(C)C)[C@@H](C)CO[Si](c2ccccc2)(c2ccccc2)C(C)(C)C)C(=O)OCC[Si](C)(C)C)cc1. The van der Waals surface area contributed by atoms with Crippen molar-refractivity contribution in [2.24, 2.45) is 17.8 Å². The van der Waals surface area contributed by atoms with Crippen molar-refractivity contribution in [2.45, 2.75) is 136 Å². The van der Waals surface area contributed by atoms with Gasteiger partial charge in [-0.1, -0.05) is 140 Å². The van der Waals surface area contributed by atoms with E-state index in [2.05, 4.69) is 75.3 Å². The fraction of sp³-hybridized carbons (Fsp3) is 0.528. The number of carbonyl (C=O) groups is 5. The van der Waals surface area contributed by atoms with Crippen LogP contribution in [0.1, 0.15) is 87.1 Å². The summed E-state index contributed by atoms with van der Waals surface area (Å²) < 4.78 is 29.5. The normalized spacial score (nSPS) is 14.1. The van der Waals surface area contributed by atoms with Gasteiger partial charge < -0.3 is 34.0 Å². The van der Waals surface area contributed by atoms with E-state index in [1.807, 2.05) is 69.3 Å². The van der Waals surface area contributed by atoms with Crippen LogP contribution in [-0.4, -0.2) is 90.7 Å². The summed E-state index contributed by atoms with van der Waals surface area (Å²) in [6, 6.07) is 27.6. The van der Waals surface area contributed by atoms with Gasteiger partial charge >= 0.3 is 18.0 Å². The first-order valence-corrected chi connectivity index (χ1v) is 29.2. The molecule has 0 aliphatic heterocycles. The summed E-state index contributed by atoms with van der Waals surface area (Å²) in [6.07, 6.45) is 1.63. The molecule has 0 unspecified atom stereocenters. The summed E-state index contributed by atoms with van der Waals surface area (Å²) in [5.41, 5.74) is 0.0999. The highest BCUT2D eigenvalue weighted by Gasteiger charge is 2.50. The number of nitrogens with one attached hydrogen (secondary N) is 2. The van der Waals surface area contributed by atoms with E-state index in [1.165, 1.54) is 6.08 Å². The molecule has 368 valence electrons. The minimum Gasteiger partial charge on any atom is -0.497 e. The van der Waals surface area contributed by atoms with Crippen LogP contribution in [0.5, 0.6) is 5.75 Å². The van der Waals surface area contributed by atoms with Gasteiger partial charge in [0, 0.05) is 33.6 Å². The summed E-state index contributed by atoms with van der Waals surface area (Å²) in [4.78, 5) is 67.7. The van der Waals surface area contributed by atoms with E-state index in [0.717, 1.165) is 22.0 Å². The summed E-state index contributed by atoms with van der Waals surface area (Å²) in [5, 5.41) is 7.29. The lowest BCUT2D eigenvalue weighted by Crippen LogP contribution is -2.67. The molecule has 3 aromatic rings. The monoisotopic (exact) mass is 959 g/mol. The number of methoxy groups -OCH3 is 1. The molecule has 0 aliphatic carbocycles. The number of benzene rings is 3. The predicted octanol–water partition coefficient (Wildman–Crippen LogP) is 8.82. The van der Waals surface area contributed by atoms with E-state index < -0.39 is 69.9 Å². The Morgan fingerprint density at radius 2 is 1.37 bits per heavy atom. The number of ether oxygens (including phenoxy) is 4. The Bertz CT molecular complexity index is 2020. The average Bonchev–Trinajstić information content (AvgIpc) is 3.24. The number of allylic oxidation sites excluding steroid dienone is 1. The zero-order chi connectivity index (χ0) is 50.0. The third-order valence-corrected chi connectivity index (χ3v) is 18.0. The highest BCUT2D eigenvalue weighted by Crippen LogP contribution is 2.38. The molecular weight excluding hydrogens is 881 g/mol. The van der Waals surface area contributed by atoms with Gasteiger partial charge in [0.15, 0.2) is 11.9 Å². The van der Waals surface area contributed by atoms with Gasteiger partial charge in [0.2, 0.25) is 5.91 Å². The van der Waals surface area contributed by atoms with Crippen LogP contribution in [0.4, 0.5) is 4.79 Å². The second-order valence-corrected chi connectivity index (χ2v) is 30.9. The molecule has 4 atom stereocenters. The number of ketones is 1. The Morgan fingerprint density at radius 3 is 1.88 bits per heavy atom. The van der Waals surface area contributed by atoms with Crippen molar-refractivity contribution in [2.75, 3.05) is 26.9 Å². The minimum atomic E-state index is -3.02. The molecule has 0 aliphatic rings. The van der Waals surface area contributed by atoms with Gasteiger partial charge in [0.05, 0.1) is 20.1 Å².